The maximum Gasteiger partial charge on any atom is 0.0159 e. The summed E-state index contributed by atoms with van der Waals surface area (Å²) in [6, 6.07) is 91.8. The van der Waals surface area contributed by atoms with Crippen molar-refractivity contribution < 1.29 is 0 Å². The van der Waals surface area contributed by atoms with Gasteiger partial charge in [-0.15, -0.1) is 0 Å². The second-order valence-electron chi connectivity index (χ2n) is 21.9. The van der Waals surface area contributed by atoms with E-state index >= 15 is 0 Å². The first-order chi connectivity index (χ1) is 36.2. The van der Waals surface area contributed by atoms with Crippen LogP contribution < -0.4 is 0 Å². The van der Waals surface area contributed by atoms with Gasteiger partial charge in [0.1, 0.15) is 0 Å². The molecule has 0 radical (unpaired) electrons. The lowest BCUT2D eigenvalue weighted by Crippen LogP contribution is -2.15. The predicted octanol–water partition coefficient (Wildman–Crippen LogP) is 20.4. The van der Waals surface area contributed by atoms with Crippen LogP contribution in [-0.4, -0.2) is 0 Å². The normalized spacial score (nSPS) is 13.9. The van der Waals surface area contributed by atoms with Crippen LogP contribution in [0.15, 0.2) is 243 Å². The van der Waals surface area contributed by atoms with Gasteiger partial charge in [-0.25, -0.2) is 0 Å². The van der Waals surface area contributed by atoms with Crippen molar-refractivity contribution in [1.82, 2.24) is 0 Å². The lowest BCUT2D eigenvalue weighted by molar-refractivity contribution is 0.660. The summed E-state index contributed by atoms with van der Waals surface area (Å²) >= 11 is 0. The van der Waals surface area contributed by atoms with Crippen LogP contribution in [0.25, 0.3) is 132 Å². The maximum absolute atomic E-state index is 2.51. The molecule has 0 unspecified atom stereocenters. The Morgan fingerprint density at radius 3 is 1.05 bits per heavy atom. The lowest BCUT2D eigenvalue weighted by Gasteiger charge is -2.24. The third-order valence-electron chi connectivity index (χ3n) is 17.2. The Morgan fingerprint density at radius 2 is 0.541 bits per heavy atom. The molecular weight excluding hydrogens is 889 g/mol. The molecule has 0 fully saturated rings. The topological polar surface area (TPSA) is 0 Å². The number of fused-ring (bicyclic) bond motifs is 11. The minimum absolute atomic E-state index is 0.112. The second-order valence-corrected chi connectivity index (χ2v) is 21.9. The van der Waals surface area contributed by atoms with E-state index in [1.54, 1.807) is 0 Å². The Labute approximate surface area is 432 Å². The van der Waals surface area contributed by atoms with Crippen molar-refractivity contribution in [2.75, 3.05) is 0 Å². The Balaban J connectivity index is 0.926. The van der Waals surface area contributed by atoms with Gasteiger partial charge in [0.2, 0.25) is 0 Å². The molecular formula is C74H52. The highest BCUT2D eigenvalue weighted by Gasteiger charge is 2.37. The molecule has 0 aliphatic heterocycles. The lowest BCUT2D eigenvalue weighted by atomic mass is 9.79. The molecule has 13 aromatic carbocycles. The average Bonchev–Trinajstić information content (AvgIpc) is 3.87. The van der Waals surface area contributed by atoms with E-state index in [-0.39, 0.29) is 10.8 Å². The Morgan fingerprint density at radius 1 is 0.203 bits per heavy atom. The van der Waals surface area contributed by atoms with Crippen LogP contribution in [-0.2, 0) is 10.8 Å². The van der Waals surface area contributed by atoms with Gasteiger partial charge in [0, 0.05) is 10.8 Å². The Hall–Kier alpha value is -8.84. The van der Waals surface area contributed by atoms with Gasteiger partial charge in [-0.1, -0.05) is 246 Å². The van der Waals surface area contributed by atoms with E-state index in [0.717, 1.165) is 0 Å². The quantitative estimate of drug-likeness (QED) is 0.151. The van der Waals surface area contributed by atoms with Crippen LogP contribution in [0.2, 0.25) is 0 Å². The SMILES string of the molecule is CC1(C)c2ccccc2-c2ccc(-c3c4ccccc4c(-c4ccc5c(c4)C(C)(C)c4ccccc4-5)c4cc(-c5ccc(-c6c7ccccc7c(-c7ccc8ccccc8c7)c7ccccc67)cc5)ccc34)cc21. The van der Waals surface area contributed by atoms with Crippen LogP contribution in [0.1, 0.15) is 49.9 Å². The Bertz CT molecular complexity index is 4460. The molecule has 0 amide bonds. The number of hydrogen-bond donors (Lipinski definition) is 0. The molecule has 0 aromatic heterocycles. The summed E-state index contributed by atoms with van der Waals surface area (Å²) < 4.78 is 0. The van der Waals surface area contributed by atoms with Crippen LogP contribution >= 0.6 is 0 Å². The van der Waals surface area contributed by atoms with Gasteiger partial charge >= 0.3 is 0 Å². The molecule has 0 saturated heterocycles. The Kier molecular flexibility index (Phi) is 9.16. The van der Waals surface area contributed by atoms with Crippen molar-refractivity contribution >= 4 is 53.9 Å². The summed E-state index contributed by atoms with van der Waals surface area (Å²) in [6.07, 6.45) is 0. The van der Waals surface area contributed by atoms with Gasteiger partial charge in [-0.3, -0.25) is 0 Å². The van der Waals surface area contributed by atoms with Crippen LogP contribution in [0.5, 0.6) is 0 Å². The smallest absolute Gasteiger partial charge is 0.0159 e. The molecule has 0 bridgehead atoms. The first-order valence-corrected chi connectivity index (χ1v) is 26.2. The predicted molar refractivity (Wildman–Crippen MR) is 316 cm³/mol. The van der Waals surface area contributed by atoms with Crippen LogP contribution in [0.4, 0.5) is 0 Å². The van der Waals surface area contributed by atoms with E-state index in [4.69, 9.17) is 0 Å². The standard InChI is InChI=1S/C74H52/c1-73(2)65-27-15-13-19-53(65)55-38-36-51(43-67(55)73)71-61-25-11-12-26-62(61)72(52-37-39-56-54-20-14-16-28-66(54)74(3,4)68(56)44-52)64-42-49(35-40-63(64)71)46-29-32-47(33-30-46)69-57-21-7-9-23-59(57)70(60-24-10-8-22-58(60)69)50-34-31-45-17-5-6-18-48(45)41-50/h5-44H,1-4H3. The van der Waals surface area contributed by atoms with Crippen molar-refractivity contribution in [3.05, 3.63) is 265 Å². The minimum Gasteiger partial charge on any atom is -0.0619 e. The third-order valence-corrected chi connectivity index (χ3v) is 17.2. The van der Waals surface area contributed by atoms with Gasteiger partial charge in [-0.05, 0) is 178 Å². The molecule has 2 aliphatic carbocycles. The number of hydrogen-bond acceptors (Lipinski definition) is 0. The molecule has 348 valence electrons. The highest BCUT2D eigenvalue weighted by Crippen LogP contribution is 2.54. The zero-order chi connectivity index (χ0) is 49.5. The molecule has 0 saturated carbocycles. The zero-order valence-corrected chi connectivity index (χ0v) is 42.1. The summed E-state index contributed by atoms with van der Waals surface area (Å²) in [7, 11) is 0. The number of rotatable bonds is 5. The van der Waals surface area contributed by atoms with E-state index < -0.39 is 0 Å². The summed E-state index contributed by atoms with van der Waals surface area (Å²) in [5.74, 6) is 0. The zero-order valence-electron chi connectivity index (χ0n) is 42.1. The van der Waals surface area contributed by atoms with E-state index in [0.29, 0.717) is 0 Å². The molecule has 0 atom stereocenters. The first kappa shape index (κ1) is 42.8. The van der Waals surface area contributed by atoms with E-state index in [2.05, 4.69) is 270 Å². The monoisotopic (exact) mass is 940 g/mol. The van der Waals surface area contributed by atoms with E-state index in [1.807, 2.05) is 0 Å². The largest absolute Gasteiger partial charge is 0.0619 e. The molecule has 0 N–H and O–H groups in total. The summed E-state index contributed by atoms with van der Waals surface area (Å²) in [6.45, 7) is 9.55. The third kappa shape index (κ3) is 6.15. The fourth-order valence-corrected chi connectivity index (χ4v) is 13.6. The average molecular weight is 941 g/mol. The van der Waals surface area contributed by atoms with Gasteiger partial charge in [0.25, 0.3) is 0 Å². The summed E-state index contributed by atoms with van der Waals surface area (Å²) in [5, 5.41) is 12.6. The van der Waals surface area contributed by atoms with E-state index in [9.17, 15) is 0 Å². The molecule has 0 nitrogen and oxygen atoms in total. The van der Waals surface area contributed by atoms with Gasteiger partial charge < -0.3 is 0 Å². The van der Waals surface area contributed by atoms with Crippen molar-refractivity contribution in [2.24, 2.45) is 0 Å². The van der Waals surface area contributed by atoms with Crippen LogP contribution in [0, 0.1) is 0 Å². The maximum atomic E-state index is 2.51. The molecule has 2 aliphatic rings. The second kappa shape index (κ2) is 15.8. The van der Waals surface area contributed by atoms with Crippen LogP contribution in [0.3, 0.4) is 0 Å². The molecule has 13 aromatic rings. The van der Waals surface area contributed by atoms with Crippen molar-refractivity contribution in [2.45, 2.75) is 38.5 Å². The summed E-state index contributed by atoms with van der Waals surface area (Å²) in [5.41, 5.74) is 23.2. The molecule has 0 heteroatoms. The highest BCUT2D eigenvalue weighted by atomic mass is 14.4. The first-order valence-electron chi connectivity index (χ1n) is 26.2. The molecule has 0 spiro atoms. The van der Waals surface area contributed by atoms with Crippen molar-refractivity contribution in [3.63, 3.8) is 0 Å². The van der Waals surface area contributed by atoms with Gasteiger partial charge in [0.05, 0.1) is 0 Å². The number of benzene rings is 13. The molecule has 74 heavy (non-hydrogen) atoms. The van der Waals surface area contributed by atoms with Crippen molar-refractivity contribution in [3.8, 4) is 77.9 Å². The van der Waals surface area contributed by atoms with E-state index in [1.165, 1.54) is 154 Å². The van der Waals surface area contributed by atoms with Gasteiger partial charge in [0.15, 0.2) is 0 Å². The minimum atomic E-state index is -0.122. The van der Waals surface area contributed by atoms with Crippen molar-refractivity contribution in [1.29, 1.82) is 0 Å². The fourth-order valence-electron chi connectivity index (χ4n) is 13.6. The van der Waals surface area contributed by atoms with Gasteiger partial charge in [-0.2, -0.15) is 0 Å². The highest BCUT2D eigenvalue weighted by molar-refractivity contribution is 6.23. The fraction of sp³-hybridized carbons (Fsp3) is 0.0811. The molecule has 0 heterocycles. The molecule has 15 rings (SSSR count). The summed E-state index contributed by atoms with van der Waals surface area (Å²) in [4.78, 5) is 0.